The lowest BCUT2D eigenvalue weighted by Gasteiger charge is -2.32. The number of rotatable bonds is 4. The van der Waals surface area contributed by atoms with Gasteiger partial charge in [-0.15, -0.1) is 0 Å². The van der Waals surface area contributed by atoms with E-state index in [1.165, 1.54) is 18.2 Å². The fourth-order valence-corrected chi connectivity index (χ4v) is 3.56. The largest absolute Gasteiger partial charge is 0.339 e. The van der Waals surface area contributed by atoms with Crippen LogP contribution in [0.15, 0.2) is 53.1 Å². The monoisotopic (exact) mass is 383 g/mol. The number of hydrogen-bond acceptors (Lipinski definition) is 4. The minimum absolute atomic E-state index is 0.0859. The van der Waals surface area contributed by atoms with E-state index >= 15 is 0 Å². The summed E-state index contributed by atoms with van der Waals surface area (Å²) in [6.45, 7) is 1.08. The second-order valence-corrected chi connectivity index (χ2v) is 6.93. The number of amides is 1. The van der Waals surface area contributed by atoms with Crippen molar-refractivity contribution in [1.29, 1.82) is 0 Å². The molecule has 1 aromatic heterocycles. The van der Waals surface area contributed by atoms with Crippen LogP contribution >= 0.6 is 0 Å². The van der Waals surface area contributed by atoms with E-state index in [-0.39, 0.29) is 28.8 Å². The summed E-state index contributed by atoms with van der Waals surface area (Å²) in [7, 11) is 0. The van der Waals surface area contributed by atoms with Gasteiger partial charge in [0.1, 0.15) is 11.6 Å². The highest BCUT2D eigenvalue weighted by Crippen LogP contribution is 2.24. The van der Waals surface area contributed by atoms with Gasteiger partial charge < -0.3 is 9.42 Å². The van der Waals surface area contributed by atoms with Crippen molar-refractivity contribution in [3.05, 3.63) is 71.6 Å². The highest BCUT2D eigenvalue weighted by molar-refractivity contribution is 5.94. The Morgan fingerprint density at radius 2 is 1.86 bits per heavy atom. The number of halogens is 2. The normalized spacial score (nSPS) is 16.9. The fourth-order valence-electron chi connectivity index (χ4n) is 3.56. The van der Waals surface area contributed by atoms with Crippen molar-refractivity contribution in [2.24, 2.45) is 5.92 Å². The Bertz CT molecular complexity index is 989. The average Bonchev–Trinajstić information content (AvgIpc) is 3.16. The van der Waals surface area contributed by atoms with Gasteiger partial charge >= 0.3 is 0 Å². The van der Waals surface area contributed by atoms with Gasteiger partial charge in [0.05, 0.1) is 11.1 Å². The van der Waals surface area contributed by atoms with Crippen molar-refractivity contribution in [2.45, 2.75) is 19.3 Å². The Kier molecular flexibility index (Phi) is 5.14. The molecule has 2 aromatic carbocycles. The zero-order valence-electron chi connectivity index (χ0n) is 15.1. The van der Waals surface area contributed by atoms with Gasteiger partial charge in [-0.1, -0.05) is 29.4 Å². The predicted molar refractivity (Wildman–Crippen MR) is 98.4 cm³/mol. The standard InChI is InChI=1S/C21H19F2N3O2/c22-17-9-3-1-7-15(17)20-24-19(28-25-20)12-14-6-5-11-26(13-14)21(27)16-8-2-4-10-18(16)23/h1-4,7-10,14H,5-6,11-13H2. The van der Waals surface area contributed by atoms with Crippen molar-refractivity contribution in [1.82, 2.24) is 15.0 Å². The van der Waals surface area contributed by atoms with E-state index in [4.69, 9.17) is 4.52 Å². The van der Waals surface area contributed by atoms with Gasteiger partial charge in [0, 0.05) is 19.5 Å². The third kappa shape index (κ3) is 3.78. The molecule has 0 aliphatic carbocycles. The van der Waals surface area contributed by atoms with Gasteiger partial charge in [0.15, 0.2) is 0 Å². The highest BCUT2D eigenvalue weighted by Gasteiger charge is 2.27. The molecular weight excluding hydrogens is 364 g/mol. The van der Waals surface area contributed by atoms with Crippen LogP contribution in [0.5, 0.6) is 0 Å². The summed E-state index contributed by atoms with van der Waals surface area (Å²) in [5.41, 5.74) is 0.375. The molecule has 2 heterocycles. The molecule has 1 atom stereocenters. The van der Waals surface area contributed by atoms with Crippen LogP contribution in [-0.4, -0.2) is 34.0 Å². The van der Waals surface area contributed by atoms with E-state index in [1.54, 1.807) is 35.2 Å². The van der Waals surface area contributed by atoms with E-state index in [9.17, 15) is 13.6 Å². The molecule has 3 aromatic rings. The molecular formula is C21H19F2N3O2. The number of nitrogens with zero attached hydrogens (tertiary/aromatic N) is 3. The molecule has 28 heavy (non-hydrogen) atoms. The minimum atomic E-state index is -0.513. The van der Waals surface area contributed by atoms with Crippen LogP contribution in [0, 0.1) is 17.6 Å². The molecule has 0 spiro atoms. The second-order valence-electron chi connectivity index (χ2n) is 6.93. The van der Waals surface area contributed by atoms with E-state index in [2.05, 4.69) is 10.1 Å². The molecule has 0 saturated carbocycles. The summed E-state index contributed by atoms with van der Waals surface area (Å²) in [5, 5.41) is 3.87. The van der Waals surface area contributed by atoms with Crippen molar-refractivity contribution in [3.8, 4) is 11.4 Å². The maximum atomic E-state index is 13.9. The maximum Gasteiger partial charge on any atom is 0.256 e. The maximum absolute atomic E-state index is 13.9. The van der Waals surface area contributed by atoms with Crippen LogP contribution in [0.1, 0.15) is 29.1 Å². The zero-order valence-corrected chi connectivity index (χ0v) is 15.1. The SMILES string of the molecule is O=C(c1ccccc1F)N1CCCC(Cc2nc(-c3ccccc3F)no2)C1. The first kappa shape index (κ1) is 18.3. The first-order valence-corrected chi connectivity index (χ1v) is 9.23. The predicted octanol–water partition coefficient (Wildman–Crippen LogP) is 4.11. The summed E-state index contributed by atoms with van der Waals surface area (Å²) in [4.78, 5) is 18.6. The van der Waals surface area contributed by atoms with Gasteiger partial charge in [-0.2, -0.15) is 4.98 Å². The van der Waals surface area contributed by atoms with Crippen molar-refractivity contribution in [3.63, 3.8) is 0 Å². The first-order valence-electron chi connectivity index (χ1n) is 9.23. The van der Waals surface area contributed by atoms with Crippen molar-refractivity contribution >= 4 is 5.91 Å². The van der Waals surface area contributed by atoms with Crippen LogP contribution in [0.2, 0.25) is 0 Å². The van der Waals surface area contributed by atoms with Crippen molar-refractivity contribution in [2.75, 3.05) is 13.1 Å². The van der Waals surface area contributed by atoms with Crippen molar-refractivity contribution < 1.29 is 18.1 Å². The van der Waals surface area contributed by atoms with Gasteiger partial charge in [0.2, 0.25) is 11.7 Å². The molecule has 1 aliphatic heterocycles. The fraction of sp³-hybridized carbons (Fsp3) is 0.286. The lowest BCUT2D eigenvalue weighted by atomic mass is 9.94. The molecule has 7 heteroatoms. The molecule has 4 rings (SSSR count). The Morgan fingerprint density at radius 3 is 2.64 bits per heavy atom. The van der Waals surface area contributed by atoms with Gasteiger partial charge in [-0.25, -0.2) is 8.78 Å². The van der Waals surface area contributed by atoms with Gasteiger partial charge in [0.25, 0.3) is 5.91 Å². The number of benzene rings is 2. The van der Waals surface area contributed by atoms with Gasteiger partial charge in [-0.3, -0.25) is 4.79 Å². The molecule has 0 radical (unpaired) electrons. The van der Waals surface area contributed by atoms with E-state index in [0.717, 1.165) is 12.8 Å². The Hall–Kier alpha value is -3.09. The molecule has 0 bridgehead atoms. The number of aromatic nitrogens is 2. The Morgan fingerprint density at radius 1 is 1.11 bits per heavy atom. The zero-order chi connectivity index (χ0) is 19.5. The van der Waals surface area contributed by atoms with E-state index in [1.807, 2.05) is 0 Å². The number of likely N-dealkylation sites (tertiary alicyclic amines) is 1. The number of hydrogen-bond donors (Lipinski definition) is 0. The highest BCUT2D eigenvalue weighted by atomic mass is 19.1. The van der Waals surface area contributed by atoms with Crippen LogP contribution in [0.3, 0.4) is 0 Å². The smallest absolute Gasteiger partial charge is 0.256 e. The Labute approximate surface area is 161 Å². The number of piperidine rings is 1. The molecule has 1 unspecified atom stereocenters. The summed E-state index contributed by atoms with van der Waals surface area (Å²) in [6, 6.07) is 12.3. The summed E-state index contributed by atoms with van der Waals surface area (Å²) >= 11 is 0. The average molecular weight is 383 g/mol. The summed E-state index contributed by atoms with van der Waals surface area (Å²) in [5.74, 6) is -0.486. The van der Waals surface area contributed by atoms with Crippen LogP contribution in [0.25, 0.3) is 11.4 Å². The molecule has 0 N–H and O–H groups in total. The number of carbonyl (C=O) groups is 1. The van der Waals surface area contributed by atoms with Crippen LogP contribution in [-0.2, 0) is 6.42 Å². The third-order valence-corrected chi connectivity index (χ3v) is 4.96. The Balaban J connectivity index is 1.44. The van der Waals surface area contributed by atoms with Gasteiger partial charge in [-0.05, 0) is 43.0 Å². The molecule has 1 fully saturated rings. The quantitative estimate of drug-likeness (QED) is 0.680. The molecule has 1 saturated heterocycles. The van der Waals surface area contributed by atoms with E-state index in [0.29, 0.717) is 25.4 Å². The van der Waals surface area contributed by atoms with Crippen LogP contribution < -0.4 is 0 Å². The lowest BCUT2D eigenvalue weighted by molar-refractivity contribution is 0.0663. The van der Waals surface area contributed by atoms with E-state index < -0.39 is 11.6 Å². The van der Waals surface area contributed by atoms with Crippen LogP contribution in [0.4, 0.5) is 8.78 Å². The topological polar surface area (TPSA) is 59.2 Å². The summed E-state index contributed by atoms with van der Waals surface area (Å²) in [6.07, 6.45) is 2.21. The second kappa shape index (κ2) is 7.88. The molecule has 1 amide bonds. The minimum Gasteiger partial charge on any atom is -0.339 e. The third-order valence-electron chi connectivity index (χ3n) is 4.96. The molecule has 1 aliphatic rings. The first-order chi connectivity index (χ1) is 13.6. The molecule has 144 valence electrons. The lowest BCUT2D eigenvalue weighted by Crippen LogP contribution is -2.40. The number of carbonyl (C=O) groups excluding carboxylic acids is 1. The molecule has 5 nitrogen and oxygen atoms in total. The summed E-state index contributed by atoms with van der Waals surface area (Å²) < 4.78 is 33.1.